The van der Waals surface area contributed by atoms with E-state index in [0.29, 0.717) is 42.3 Å². The van der Waals surface area contributed by atoms with Gasteiger partial charge >= 0.3 is 5.97 Å². The zero-order valence-electron chi connectivity index (χ0n) is 22.4. The summed E-state index contributed by atoms with van der Waals surface area (Å²) in [5, 5.41) is 18.2. The van der Waals surface area contributed by atoms with E-state index in [1.807, 2.05) is 50.4 Å². The Morgan fingerprint density at radius 2 is 1.85 bits per heavy atom. The number of ether oxygens (including phenoxy) is 2. The number of carbonyl (C=O) groups excluding carboxylic acids is 1. The summed E-state index contributed by atoms with van der Waals surface area (Å²) >= 11 is 6.77. The van der Waals surface area contributed by atoms with Crippen molar-refractivity contribution >= 4 is 39.2 Å². The third-order valence-electron chi connectivity index (χ3n) is 7.06. The summed E-state index contributed by atoms with van der Waals surface area (Å²) in [6.07, 6.45) is 1.99. The molecule has 0 aliphatic heterocycles. The second kappa shape index (κ2) is 11.5. The Kier molecular flexibility index (Phi) is 7.91. The number of H-pyrrole nitrogens is 1. The molecule has 0 unspecified atom stereocenters. The van der Waals surface area contributed by atoms with E-state index in [2.05, 4.69) is 28.3 Å². The van der Waals surface area contributed by atoms with Crippen LogP contribution in [0.15, 0.2) is 54.6 Å². The molecule has 5 aromatic rings. The van der Waals surface area contributed by atoms with Crippen LogP contribution in [-0.4, -0.2) is 39.1 Å². The number of rotatable bonds is 10. The molecule has 2 heterocycles. The zero-order chi connectivity index (χ0) is 27.5. The van der Waals surface area contributed by atoms with Crippen molar-refractivity contribution in [3.05, 3.63) is 82.3 Å². The Bertz CT molecular complexity index is 1650. The molecule has 0 spiro atoms. The van der Waals surface area contributed by atoms with Gasteiger partial charge in [0.1, 0.15) is 11.4 Å². The van der Waals surface area contributed by atoms with Gasteiger partial charge in [0.2, 0.25) is 0 Å². The normalized spacial score (nSPS) is 11.4. The molecule has 7 nitrogen and oxygen atoms in total. The number of aryl methyl sites for hydroxylation is 2. The lowest BCUT2D eigenvalue weighted by molar-refractivity contribution is 0.0519. The molecule has 0 bridgehead atoms. The van der Waals surface area contributed by atoms with Crippen LogP contribution in [0.2, 0.25) is 5.02 Å². The van der Waals surface area contributed by atoms with Crippen LogP contribution in [0, 0.1) is 0 Å². The van der Waals surface area contributed by atoms with Crippen LogP contribution in [0.1, 0.15) is 47.7 Å². The first-order valence-electron chi connectivity index (χ1n) is 13.2. The van der Waals surface area contributed by atoms with E-state index in [0.717, 1.165) is 49.8 Å². The van der Waals surface area contributed by atoms with Gasteiger partial charge in [-0.1, -0.05) is 61.0 Å². The number of nitrogens with one attached hydrogen (secondary N) is 1. The molecule has 0 saturated heterocycles. The molecule has 0 amide bonds. The molecule has 39 heavy (non-hydrogen) atoms. The van der Waals surface area contributed by atoms with Crippen LogP contribution < -0.4 is 4.74 Å². The predicted molar refractivity (Wildman–Crippen MR) is 155 cm³/mol. The van der Waals surface area contributed by atoms with Crippen LogP contribution >= 0.6 is 11.6 Å². The molecule has 5 rings (SSSR count). The van der Waals surface area contributed by atoms with E-state index in [4.69, 9.17) is 21.1 Å². The minimum Gasteiger partial charge on any atom is -0.493 e. The number of hydrogen-bond acceptors (Lipinski definition) is 5. The number of fused-ring (bicyclic) bond motifs is 2. The maximum Gasteiger partial charge on any atom is 0.355 e. The number of benzene rings is 3. The van der Waals surface area contributed by atoms with Crippen molar-refractivity contribution in [2.75, 3.05) is 13.2 Å². The second-order valence-electron chi connectivity index (χ2n) is 9.38. The number of aliphatic hydroxyl groups excluding tert-OH is 1. The van der Waals surface area contributed by atoms with Crippen LogP contribution in [0.4, 0.5) is 0 Å². The van der Waals surface area contributed by atoms with Crippen molar-refractivity contribution in [2.45, 2.75) is 39.7 Å². The molecular formula is C31H32ClN3O4. The van der Waals surface area contributed by atoms with Crippen molar-refractivity contribution in [3.8, 4) is 16.9 Å². The van der Waals surface area contributed by atoms with Gasteiger partial charge in [0, 0.05) is 34.6 Å². The molecule has 0 atom stereocenters. The molecule has 0 aliphatic carbocycles. The highest BCUT2D eigenvalue weighted by atomic mass is 35.5. The smallest absolute Gasteiger partial charge is 0.355 e. The number of halogens is 1. The SMILES string of the molecule is CCOC(=O)c1[nH]c2c(-c3c(CO)nn(C)c3CC)c(Cl)ccc2c1CCCOc1cccc2ccccc12. The number of esters is 1. The van der Waals surface area contributed by atoms with Gasteiger partial charge in [-0.25, -0.2) is 4.79 Å². The summed E-state index contributed by atoms with van der Waals surface area (Å²) in [6, 6.07) is 17.9. The van der Waals surface area contributed by atoms with Gasteiger partial charge in [-0.05, 0) is 49.3 Å². The lowest BCUT2D eigenvalue weighted by atomic mass is 9.97. The fourth-order valence-corrected chi connectivity index (χ4v) is 5.60. The molecule has 0 fully saturated rings. The van der Waals surface area contributed by atoms with Crippen LogP contribution in [0.5, 0.6) is 5.75 Å². The fourth-order valence-electron chi connectivity index (χ4n) is 5.35. The Morgan fingerprint density at radius 3 is 2.62 bits per heavy atom. The molecule has 0 aliphatic rings. The van der Waals surface area contributed by atoms with Crippen LogP contribution in [-0.2, 0) is 31.2 Å². The molecule has 2 aromatic heterocycles. The first kappa shape index (κ1) is 26.8. The van der Waals surface area contributed by atoms with Crippen LogP contribution in [0.25, 0.3) is 32.8 Å². The predicted octanol–water partition coefficient (Wildman–Crippen LogP) is 6.62. The highest BCUT2D eigenvalue weighted by molar-refractivity contribution is 6.35. The van der Waals surface area contributed by atoms with E-state index in [1.54, 1.807) is 11.6 Å². The highest BCUT2D eigenvalue weighted by Crippen LogP contribution is 2.41. The molecule has 8 heteroatoms. The average molecular weight is 546 g/mol. The van der Waals surface area contributed by atoms with Gasteiger partial charge in [-0.2, -0.15) is 5.10 Å². The average Bonchev–Trinajstić information content (AvgIpc) is 3.47. The Hall–Kier alpha value is -3.81. The van der Waals surface area contributed by atoms with Crippen molar-refractivity contribution < 1.29 is 19.4 Å². The minimum absolute atomic E-state index is 0.223. The fraction of sp³-hybridized carbons (Fsp3) is 0.290. The zero-order valence-corrected chi connectivity index (χ0v) is 23.1. The maximum atomic E-state index is 13.0. The maximum absolute atomic E-state index is 13.0. The Labute approximate surface area is 232 Å². The number of aromatic nitrogens is 3. The molecule has 0 saturated carbocycles. The summed E-state index contributed by atoms with van der Waals surface area (Å²) in [4.78, 5) is 16.4. The lowest BCUT2D eigenvalue weighted by Crippen LogP contribution is -2.09. The molecule has 2 N–H and O–H groups in total. The van der Waals surface area contributed by atoms with E-state index >= 15 is 0 Å². The lowest BCUT2D eigenvalue weighted by Gasteiger charge is -2.11. The number of aliphatic hydroxyl groups is 1. The van der Waals surface area contributed by atoms with Crippen molar-refractivity contribution in [1.82, 2.24) is 14.8 Å². The van der Waals surface area contributed by atoms with Crippen molar-refractivity contribution in [3.63, 3.8) is 0 Å². The quantitative estimate of drug-likeness (QED) is 0.152. The molecule has 0 radical (unpaired) electrons. The standard InChI is InChI=1S/C31H32ClN3O4/c1-4-25-28(24(18-36)34-35(25)3)27-23(32)16-15-22-21(30(33-29(22)27)31(37)38-5-2)13-9-17-39-26-14-8-11-19-10-6-7-12-20(19)26/h6-8,10-12,14-16,33,36H,4-5,9,13,17-18H2,1-3H3. The largest absolute Gasteiger partial charge is 0.493 e. The van der Waals surface area contributed by atoms with Crippen LogP contribution in [0.3, 0.4) is 0 Å². The third kappa shape index (κ3) is 5.00. The third-order valence-corrected chi connectivity index (χ3v) is 7.38. The monoisotopic (exact) mass is 545 g/mol. The van der Waals surface area contributed by atoms with Gasteiger partial charge in [-0.3, -0.25) is 4.68 Å². The van der Waals surface area contributed by atoms with E-state index in [9.17, 15) is 9.90 Å². The van der Waals surface area contributed by atoms with Gasteiger partial charge in [0.15, 0.2) is 0 Å². The molecular weight excluding hydrogens is 514 g/mol. The summed E-state index contributed by atoms with van der Waals surface area (Å²) < 4.78 is 13.3. The number of aromatic amines is 1. The second-order valence-corrected chi connectivity index (χ2v) is 9.78. The van der Waals surface area contributed by atoms with Gasteiger partial charge < -0.3 is 19.6 Å². The van der Waals surface area contributed by atoms with Gasteiger partial charge in [0.05, 0.1) is 36.1 Å². The highest BCUT2D eigenvalue weighted by Gasteiger charge is 2.26. The van der Waals surface area contributed by atoms with Gasteiger partial charge in [-0.15, -0.1) is 0 Å². The molecule has 202 valence electrons. The summed E-state index contributed by atoms with van der Waals surface area (Å²) in [5.74, 6) is 0.428. The van der Waals surface area contributed by atoms with Crippen molar-refractivity contribution in [2.24, 2.45) is 7.05 Å². The van der Waals surface area contributed by atoms with E-state index < -0.39 is 5.97 Å². The number of hydrogen-bond donors (Lipinski definition) is 2. The number of nitrogens with zero attached hydrogens (tertiary/aromatic N) is 2. The Balaban J connectivity index is 1.52. The first-order chi connectivity index (χ1) is 19.0. The van der Waals surface area contributed by atoms with E-state index in [-0.39, 0.29) is 13.2 Å². The summed E-state index contributed by atoms with van der Waals surface area (Å²) in [7, 11) is 1.86. The molecule has 3 aromatic carbocycles. The topological polar surface area (TPSA) is 89.4 Å². The summed E-state index contributed by atoms with van der Waals surface area (Å²) in [5.41, 5.74) is 5.01. The first-order valence-corrected chi connectivity index (χ1v) is 13.6. The van der Waals surface area contributed by atoms with E-state index in [1.165, 1.54) is 0 Å². The summed E-state index contributed by atoms with van der Waals surface area (Å²) in [6.45, 7) is 4.36. The Morgan fingerprint density at radius 1 is 1.05 bits per heavy atom. The van der Waals surface area contributed by atoms with Crippen molar-refractivity contribution in [1.29, 1.82) is 0 Å². The van der Waals surface area contributed by atoms with Gasteiger partial charge in [0.25, 0.3) is 0 Å². The minimum atomic E-state index is -0.412. The number of carbonyl (C=O) groups is 1.